The molecule has 2 aromatic heterocycles. The molecule has 2 heterocycles. The Labute approximate surface area is 163 Å². The predicted octanol–water partition coefficient (Wildman–Crippen LogP) is 4.52. The number of rotatable bonds is 6. The first-order valence-corrected chi connectivity index (χ1v) is 9.79. The number of hydrogen-bond acceptors (Lipinski definition) is 3. The Balaban J connectivity index is 1.67. The van der Waals surface area contributed by atoms with Gasteiger partial charge in [-0.05, 0) is 49.4 Å². The predicted molar refractivity (Wildman–Crippen MR) is 108 cm³/mol. The van der Waals surface area contributed by atoms with Crippen LogP contribution < -0.4 is 5.32 Å². The van der Waals surface area contributed by atoms with Gasteiger partial charge in [-0.3, -0.25) is 4.79 Å². The van der Waals surface area contributed by atoms with Gasteiger partial charge in [-0.25, -0.2) is 9.97 Å². The van der Waals surface area contributed by atoms with Gasteiger partial charge < -0.3 is 9.88 Å². The second kappa shape index (κ2) is 7.31. The van der Waals surface area contributed by atoms with Gasteiger partial charge in [0.1, 0.15) is 5.69 Å². The Bertz CT molecular complexity index is 1010. The van der Waals surface area contributed by atoms with Gasteiger partial charge in [0.2, 0.25) is 5.28 Å². The molecule has 0 unspecified atom stereocenters. The van der Waals surface area contributed by atoms with Gasteiger partial charge in [-0.2, -0.15) is 0 Å². The van der Waals surface area contributed by atoms with Crippen molar-refractivity contribution < 1.29 is 4.79 Å². The first-order chi connectivity index (χ1) is 13.0. The monoisotopic (exact) mass is 382 g/mol. The summed E-state index contributed by atoms with van der Waals surface area (Å²) in [4.78, 5) is 21.7. The maximum absolute atomic E-state index is 12.7. The van der Waals surface area contributed by atoms with Gasteiger partial charge in [-0.15, -0.1) is 0 Å². The number of amides is 1. The highest BCUT2D eigenvalue weighted by molar-refractivity contribution is 6.28. The molecule has 6 heteroatoms. The first-order valence-electron chi connectivity index (χ1n) is 9.41. The fourth-order valence-corrected chi connectivity index (χ4v) is 3.59. The van der Waals surface area contributed by atoms with Crippen molar-refractivity contribution in [3.8, 4) is 11.3 Å². The van der Waals surface area contributed by atoms with E-state index in [1.54, 1.807) is 0 Å². The van der Waals surface area contributed by atoms with Crippen LogP contribution in [0.2, 0.25) is 5.28 Å². The SMILES string of the molecule is Cc1c(-c2cc(C(=O)NCCCC3CC3)nc3ccccc23)nc(Cl)n1C. The number of benzene rings is 1. The van der Waals surface area contributed by atoms with Crippen molar-refractivity contribution in [3.05, 3.63) is 47.0 Å². The van der Waals surface area contributed by atoms with E-state index in [0.29, 0.717) is 17.5 Å². The second-order valence-corrected chi connectivity index (χ2v) is 7.63. The van der Waals surface area contributed by atoms with Crippen LogP contribution in [-0.4, -0.2) is 27.0 Å². The van der Waals surface area contributed by atoms with Crippen LogP contribution in [-0.2, 0) is 7.05 Å². The smallest absolute Gasteiger partial charge is 0.269 e. The third kappa shape index (κ3) is 3.69. The first kappa shape index (κ1) is 18.0. The average molecular weight is 383 g/mol. The Hall–Kier alpha value is -2.40. The van der Waals surface area contributed by atoms with Crippen molar-refractivity contribution >= 4 is 28.4 Å². The third-order valence-corrected chi connectivity index (χ3v) is 5.64. The average Bonchev–Trinajstić information content (AvgIpc) is 3.47. The zero-order valence-electron chi connectivity index (χ0n) is 15.6. The summed E-state index contributed by atoms with van der Waals surface area (Å²) < 4.78 is 1.84. The van der Waals surface area contributed by atoms with Crippen LogP contribution in [0.1, 0.15) is 41.9 Å². The lowest BCUT2D eigenvalue weighted by Crippen LogP contribution is -2.25. The quantitative estimate of drug-likeness (QED) is 0.638. The van der Waals surface area contributed by atoms with Crippen molar-refractivity contribution in [1.29, 1.82) is 0 Å². The molecule has 4 rings (SSSR count). The van der Waals surface area contributed by atoms with Crippen LogP contribution in [0.15, 0.2) is 30.3 Å². The van der Waals surface area contributed by atoms with E-state index in [9.17, 15) is 4.79 Å². The second-order valence-electron chi connectivity index (χ2n) is 7.29. The zero-order valence-corrected chi connectivity index (χ0v) is 16.4. The Morgan fingerprint density at radius 2 is 2.07 bits per heavy atom. The van der Waals surface area contributed by atoms with Crippen molar-refractivity contribution in [2.75, 3.05) is 6.54 Å². The van der Waals surface area contributed by atoms with Gasteiger partial charge in [0, 0.05) is 30.2 Å². The van der Waals surface area contributed by atoms with Crippen LogP contribution in [0.3, 0.4) is 0 Å². The van der Waals surface area contributed by atoms with Gasteiger partial charge in [0.25, 0.3) is 5.91 Å². The molecule has 3 aromatic rings. The molecule has 1 fully saturated rings. The number of fused-ring (bicyclic) bond motifs is 1. The van der Waals surface area contributed by atoms with Crippen molar-refractivity contribution in [3.63, 3.8) is 0 Å². The maximum atomic E-state index is 12.7. The molecule has 0 saturated heterocycles. The lowest BCUT2D eigenvalue weighted by atomic mass is 10.0. The fraction of sp³-hybridized carbons (Fsp3) is 0.381. The largest absolute Gasteiger partial charge is 0.351 e. The number of para-hydroxylation sites is 1. The minimum Gasteiger partial charge on any atom is -0.351 e. The molecule has 1 saturated carbocycles. The number of nitrogens with zero attached hydrogens (tertiary/aromatic N) is 3. The number of nitrogens with one attached hydrogen (secondary N) is 1. The van der Waals surface area contributed by atoms with Crippen LogP contribution in [0.25, 0.3) is 22.2 Å². The van der Waals surface area contributed by atoms with Crippen molar-refractivity contribution in [2.45, 2.75) is 32.6 Å². The topological polar surface area (TPSA) is 59.8 Å². The molecule has 0 bridgehead atoms. The van der Waals surface area contributed by atoms with E-state index >= 15 is 0 Å². The van der Waals surface area contributed by atoms with E-state index < -0.39 is 0 Å². The number of hydrogen-bond donors (Lipinski definition) is 1. The van der Waals surface area contributed by atoms with E-state index in [1.165, 1.54) is 19.3 Å². The molecule has 140 valence electrons. The highest BCUT2D eigenvalue weighted by Crippen LogP contribution is 2.33. The van der Waals surface area contributed by atoms with Crippen molar-refractivity contribution in [1.82, 2.24) is 19.9 Å². The lowest BCUT2D eigenvalue weighted by Gasteiger charge is -2.10. The summed E-state index contributed by atoms with van der Waals surface area (Å²) >= 11 is 6.21. The van der Waals surface area contributed by atoms with Gasteiger partial charge in [-0.1, -0.05) is 31.0 Å². The molecule has 1 N–H and O–H groups in total. The summed E-state index contributed by atoms with van der Waals surface area (Å²) in [5.41, 5.74) is 3.80. The minimum atomic E-state index is -0.141. The number of carbonyl (C=O) groups excluding carboxylic acids is 1. The minimum absolute atomic E-state index is 0.141. The molecular formula is C21H23ClN4O. The van der Waals surface area contributed by atoms with E-state index in [4.69, 9.17) is 11.6 Å². The molecule has 0 spiro atoms. The van der Waals surface area contributed by atoms with E-state index in [0.717, 1.165) is 40.2 Å². The Morgan fingerprint density at radius 1 is 1.30 bits per heavy atom. The maximum Gasteiger partial charge on any atom is 0.269 e. The normalized spacial score (nSPS) is 13.9. The molecule has 0 aliphatic heterocycles. The summed E-state index contributed by atoms with van der Waals surface area (Å²) in [6.45, 7) is 2.66. The van der Waals surface area contributed by atoms with Crippen LogP contribution in [0.5, 0.6) is 0 Å². The highest BCUT2D eigenvalue weighted by Gasteiger charge is 2.21. The van der Waals surface area contributed by atoms with Gasteiger partial charge in [0.05, 0.1) is 11.2 Å². The number of carbonyl (C=O) groups is 1. The zero-order chi connectivity index (χ0) is 19.0. The van der Waals surface area contributed by atoms with Crippen LogP contribution in [0.4, 0.5) is 0 Å². The van der Waals surface area contributed by atoms with Gasteiger partial charge >= 0.3 is 0 Å². The number of halogens is 1. The Morgan fingerprint density at radius 3 is 2.78 bits per heavy atom. The van der Waals surface area contributed by atoms with E-state index in [1.807, 2.05) is 48.9 Å². The third-order valence-electron chi connectivity index (χ3n) is 5.30. The number of aromatic nitrogens is 3. The van der Waals surface area contributed by atoms with E-state index in [2.05, 4.69) is 15.3 Å². The highest BCUT2D eigenvalue weighted by atomic mass is 35.5. The lowest BCUT2D eigenvalue weighted by molar-refractivity contribution is 0.0948. The molecule has 0 radical (unpaired) electrons. The molecule has 0 atom stereocenters. The number of imidazole rings is 1. The van der Waals surface area contributed by atoms with Crippen LogP contribution in [0, 0.1) is 12.8 Å². The summed E-state index contributed by atoms with van der Waals surface area (Å²) in [5.74, 6) is 0.738. The molecule has 1 aliphatic rings. The summed E-state index contributed by atoms with van der Waals surface area (Å²) in [6, 6.07) is 9.63. The molecule has 1 aromatic carbocycles. The molecular weight excluding hydrogens is 360 g/mol. The summed E-state index contributed by atoms with van der Waals surface area (Å²) in [7, 11) is 1.88. The molecule has 1 aliphatic carbocycles. The standard InChI is InChI=1S/C21H23ClN4O/c1-13-19(25-21(22)26(13)2)16-12-18(24-17-8-4-3-7-15(16)17)20(27)23-11-5-6-14-9-10-14/h3-4,7-8,12,14H,5-6,9-11H2,1-2H3,(H,23,27). The van der Waals surface area contributed by atoms with Gasteiger partial charge in [0.15, 0.2) is 0 Å². The molecule has 5 nitrogen and oxygen atoms in total. The molecule has 27 heavy (non-hydrogen) atoms. The Kier molecular flexibility index (Phi) is 4.87. The summed E-state index contributed by atoms with van der Waals surface area (Å²) in [6.07, 6.45) is 4.90. The fourth-order valence-electron chi connectivity index (χ4n) is 3.38. The number of pyridine rings is 1. The van der Waals surface area contributed by atoms with Crippen LogP contribution >= 0.6 is 11.6 Å². The summed E-state index contributed by atoms with van der Waals surface area (Å²) in [5, 5.41) is 4.39. The molecule has 1 amide bonds. The van der Waals surface area contributed by atoms with Crippen molar-refractivity contribution in [2.24, 2.45) is 13.0 Å². The van der Waals surface area contributed by atoms with E-state index in [-0.39, 0.29) is 5.91 Å².